The van der Waals surface area contributed by atoms with Crippen molar-refractivity contribution in [1.82, 2.24) is 29.1 Å². The summed E-state index contributed by atoms with van der Waals surface area (Å²) in [6, 6.07) is 6.34. The first-order valence-corrected chi connectivity index (χ1v) is 17.0. The number of hydrogen-bond donors (Lipinski definition) is 3. The molecule has 3 N–H and O–H groups in total. The quantitative estimate of drug-likeness (QED) is 0.294. The third-order valence-corrected chi connectivity index (χ3v) is 10.6. The summed E-state index contributed by atoms with van der Waals surface area (Å²) in [6.07, 6.45) is 8.27. The third-order valence-electron chi connectivity index (χ3n) is 8.63. The van der Waals surface area contributed by atoms with Crippen molar-refractivity contribution in [3.05, 3.63) is 24.5 Å². The van der Waals surface area contributed by atoms with Crippen LogP contribution in [0.25, 0.3) is 11.2 Å². The van der Waals surface area contributed by atoms with Crippen molar-refractivity contribution in [3.63, 3.8) is 0 Å². The summed E-state index contributed by atoms with van der Waals surface area (Å²) < 4.78 is 38.8. The Morgan fingerprint density at radius 2 is 1.84 bits per heavy atom. The first kappa shape index (κ1) is 29.9. The van der Waals surface area contributed by atoms with Crippen molar-refractivity contribution in [1.29, 1.82) is 0 Å². The zero-order valence-electron chi connectivity index (χ0n) is 24.9. The number of methoxy groups -OCH3 is 1. The smallest absolute Gasteiger partial charge is 0.231 e. The lowest BCUT2D eigenvalue weighted by molar-refractivity contribution is 0.0380. The highest BCUT2D eigenvalue weighted by Gasteiger charge is 2.27. The van der Waals surface area contributed by atoms with E-state index in [9.17, 15) is 8.42 Å². The van der Waals surface area contributed by atoms with Crippen molar-refractivity contribution >= 4 is 44.3 Å². The van der Waals surface area contributed by atoms with Crippen LogP contribution in [0.5, 0.6) is 5.75 Å². The summed E-state index contributed by atoms with van der Waals surface area (Å²) in [5, 5.41) is 6.92. The van der Waals surface area contributed by atoms with Gasteiger partial charge < -0.3 is 30.0 Å². The van der Waals surface area contributed by atoms with E-state index in [0.717, 1.165) is 68.4 Å². The Morgan fingerprint density at radius 3 is 2.60 bits per heavy atom. The molecule has 2 saturated heterocycles. The molecule has 0 spiro atoms. The molecule has 0 bridgehead atoms. The van der Waals surface area contributed by atoms with Crippen LogP contribution in [0.15, 0.2) is 24.5 Å². The standard InChI is InChI=1S/C29H43N9O4S/c1-41-25-20-23(37-11-13-38(14-12-37)43(39,40)19-5-10-36-15-17-42-18-16-36)8-9-24(25)33-29-34-27-26(30-21-31-27)28(35-29)32-22-6-3-2-4-7-22/h8-9,20-22H,2-7,10-19H2,1H3,(H3,30,31,32,33,34,35). The maximum absolute atomic E-state index is 13.0. The maximum atomic E-state index is 13.0. The van der Waals surface area contributed by atoms with Gasteiger partial charge in [0.15, 0.2) is 11.5 Å². The third kappa shape index (κ3) is 7.31. The Labute approximate surface area is 253 Å². The molecule has 3 aromatic rings. The van der Waals surface area contributed by atoms with E-state index in [1.165, 1.54) is 19.3 Å². The van der Waals surface area contributed by atoms with Gasteiger partial charge in [-0.25, -0.2) is 13.4 Å². The first-order chi connectivity index (χ1) is 21.0. The zero-order valence-corrected chi connectivity index (χ0v) is 25.7. The Balaban J connectivity index is 1.07. The van der Waals surface area contributed by atoms with Gasteiger partial charge in [0.1, 0.15) is 11.3 Å². The lowest BCUT2D eigenvalue weighted by Gasteiger charge is -2.35. The number of piperazine rings is 1. The molecule has 1 aromatic carbocycles. The molecule has 43 heavy (non-hydrogen) atoms. The average molecular weight is 614 g/mol. The molecule has 6 rings (SSSR count). The Kier molecular flexibility index (Phi) is 9.46. The highest BCUT2D eigenvalue weighted by atomic mass is 32.2. The van der Waals surface area contributed by atoms with E-state index >= 15 is 0 Å². The number of aromatic amines is 1. The minimum absolute atomic E-state index is 0.183. The SMILES string of the molecule is COc1cc(N2CCN(S(=O)(=O)CCCN3CCOCC3)CC2)ccc1Nc1nc(NC2CCCCC2)c2nc[nH]c2n1. The number of rotatable bonds is 11. The molecular weight excluding hydrogens is 570 g/mol. The summed E-state index contributed by atoms with van der Waals surface area (Å²) in [7, 11) is -1.64. The molecule has 14 heteroatoms. The van der Waals surface area contributed by atoms with Gasteiger partial charge in [0, 0.05) is 57.1 Å². The van der Waals surface area contributed by atoms with Crippen LogP contribution in [-0.2, 0) is 14.8 Å². The van der Waals surface area contributed by atoms with Crippen LogP contribution in [0.2, 0.25) is 0 Å². The minimum Gasteiger partial charge on any atom is -0.494 e. The summed E-state index contributed by atoms with van der Waals surface area (Å²) >= 11 is 0. The van der Waals surface area contributed by atoms with Gasteiger partial charge in [-0.3, -0.25) is 4.90 Å². The molecule has 234 valence electrons. The van der Waals surface area contributed by atoms with Gasteiger partial charge in [0.25, 0.3) is 0 Å². The van der Waals surface area contributed by atoms with Gasteiger partial charge in [0.2, 0.25) is 16.0 Å². The molecule has 0 unspecified atom stereocenters. The van der Waals surface area contributed by atoms with Crippen LogP contribution in [-0.4, -0.2) is 115 Å². The number of nitrogens with zero attached hydrogens (tertiary/aromatic N) is 6. The molecule has 3 fully saturated rings. The number of sulfonamides is 1. The largest absolute Gasteiger partial charge is 0.494 e. The van der Waals surface area contributed by atoms with Crippen LogP contribution in [0.1, 0.15) is 38.5 Å². The van der Waals surface area contributed by atoms with E-state index in [0.29, 0.717) is 56.0 Å². The van der Waals surface area contributed by atoms with Crippen LogP contribution in [0.4, 0.5) is 23.1 Å². The van der Waals surface area contributed by atoms with Crippen LogP contribution >= 0.6 is 0 Å². The molecule has 0 atom stereocenters. The van der Waals surface area contributed by atoms with E-state index in [1.807, 2.05) is 18.2 Å². The summed E-state index contributed by atoms with van der Waals surface area (Å²) in [4.78, 5) is 21.4. The maximum Gasteiger partial charge on any atom is 0.231 e. The molecule has 0 radical (unpaired) electrons. The second kappa shape index (κ2) is 13.6. The number of aromatic nitrogens is 4. The number of ether oxygens (including phenoxy) is 2. The predicted octanol–water partition coefficient (Wildman–Crippen LogP) is 3.02. The molecule has 2 aliphatic heterocycles. The highest BCUT2D eigenvalue weighted by Crippen LogP contribution is 2.33. The summed E-state index contributed by atoms with van der Waals surface area (Å²) in [6.45, 7) is 6.18. The number of fused-ring (bicyclic) bond motifs is 1. The number of nitrogens with one attached hydrogen (secondary N) is 3. The molecule has 0 amide bonds. The van der Waals surface area contributed by atoms with E-state index in [-0.39, 0.29) is 5.75 Å². The van der Waals surface area contributed by atoms with Crippen molar-refractivity contribution in [2.75, 3.05) is 87.4 Å². The summed E-state index contributed by atoms with van der Waals surface area (Å²) in [5.41, 5.74) is 3.13. The van der Waals surface area contributed by atoms with Gasteiger partial charge in [-0.2, -0.15) is 14.3 Å². The highest BCUT2D eigenvalue weighted by molar-refractivity contribution is 7.89. The van der Waals surface area contributed by atoms with Crippen molar-refractivity contribution in [2.24, 2.45) is 0 Å². The second-order valence-corrected chi connectivity index (χ2v) is 13.6. The normalized spacial score (nSPS) is 19.5. The van der Waals surface area contributed by atoms with Gasteiger partial charge in [-0.1, -0.05) is 19.3 Å². The fourth-order valence-electron chi connectivity index (χ4n) is 6.18. The number of H-pyrrole nitrogens is 1. The van der Waals surface area contributed by atoms with Crippen LogP contribution < -0.4 is 20.3 Å². The molecule has 1 saturated carbocycles. The van der Waals surface area contributed by atoms with E-state index in [2.05, 4.69) is 35.4 Å². The Bertz CT molecular complexity index is 1460. The first-order valence-electron chi connectivity index (χ1n) is 15.4. The summed E-state index contributed by atoms with van der Waals surface area (Å²) in [5.74, 6) is 2.02. The van der Waals surface area contributed by atoms with E-state index in [1.54, 1.807) is 17.7 Å². The zero-order chi connectivity index (χ0) is 29.6. The molecule has 1 aliphatic carbocycles. The number of benzene rings is 1. The number of imidazole rings is 1. The van der Waals surface area contributed by atoms with Gasteiger partial charge >= 0.3 is 0 Å². The fourth-order valence-corrected chi connectivity index (χ4v) is 7.65. The van der Waals surface area contributed by atoms with E-state index < -0.39 is 10.0 Å². The second-order valence-electron chi connectivity index (χ2n) is 11.5. The fraction of sp³-hybridized carbons (Fsp3) is 0.621. The number of morpholine rings is 1. The lowest BCUT2D eigenvalue weighted by Crippen LogP contribution is -2.49. The van der Waals surface area contributed by atoms with E-state index in [4.69, 9.17) is 14.5 Å². The minimum atomic E-state index is -3.28. The molecule has 2 aromatic heterocycles. The van der Waals surface area contributed by atoms with Crippen molar-refractivity contribution < 1.29 is 17.9 Å². The predicted molar refractivity (Wildman–Crippen MR) is 168 cm³/mol. The van der Waals surface area contributed by atoms with Crippen molar-refractivity contribution in [3.8, 4) is 5.75 Å². The molecule has 13 nitrogen and oxygen atoms in total. The van der Waals surface area contributed by atoms with Crippen LogP contribution in [0.3, 0.4) is 0 Å². The van der Waals surface area contributed by atoms with Gasteiger partial charge in [-0.05, 0) is 37.9 Å². The Hall–Kier alpha value is -3.20. The van der Waals surface area contributed by atoms with Crippen molar-refractivity contribution in [2.45, 2.75) is 44.6 Å². The number of hydrogen-bond acceptors (Lipinski definition) is 11. The molecule has 3 aliphatic rings. The van der Waals surface area contributed by atoms with Gasteiger partial charge in [0.05, 0.1) is 38.1 Å². The van der Waals surface area contributed by atoms with Crippen LogP contribution in [0, 0.1) is 0 Å². The topological polar surface area (TPSA) is 141 Å². The van der Waals surface area contributed by atoms with Gasteiger partial charge in [-0.15, -0.1) is 0 Å². The molecule has 4 heterocycles. The lowest BCUT2D eigenvalue weighted by atomic mass is 9.95. The monoisotopic (exact) mass is 613 g/mol. The number of anilines is 4. The molecular formula is C29H43N9O4S. The average Bonchev–Trinajstić information content (AvgIpc) is 3.51. The Morgan fingerprint density at radius 1 is 1.05 bits per heavy atom.